The SMILES string of the molecule is COc1ccc(-c2nc(N)nc(N)c2C#N)c2ccccc12. The van der Waals surface area contributed by atoms with Crippen LogP contribution < -0.4 is 16.2 Å². The molecule has 0 spiro atoms. The van der Waals surface area contributed by atoms with Gasteiger partial charge in [-0.3, -0.25) is 0 Å². The summed E-state index contributed by atoms with van der Waals surface area (Å²) in [5.41, 5.74) is 12.9. The lowest BCUT2D eigenvalue weighted by atomic mass is 9.98. The Kier molecular flexibility index (Phi) is 3.24. The zero-order chi connectivity index (χ0) is 15.7. The lowest BCUT2D eigenvalue weighted by molar-refractivity contribution is 0.420. The number of nitrogen functional groups attached to an aromatic ring is 2. The van der Waals surface area contributed by atoms with E-state index in [0.29, 0.717) is 5.69 Å². The molecule has 0 bridgehead atoms. The van der Waals surface area contributed by atoms with Gasteiger partial charge in [0.05, 0.1) is 12.8 Å². The molecular weight excluding hydrogens is 278 g/mol. The molecule has 3 aromatic rings. The quantitative estimate of drug-likeness (QED) is 0.749. The number of fused-ring (bicyclic) bond motifs is 1. The summed E-state index contributed by atoms with van der Waals surface area (Å²) in [5.74, 6) is 0.851. The first-order valence-corrected chi connectivity index (χ1v) is 6.55. The van der Waals surface area contributed by atoms with E-state index in [-0.39, 0.29) is 17.3 Å². The van der Waals surface area contributed by atoms with Gasteiger partial charge < -0.3 is 16.2 Å². The number of aromatic nitrogens is 2. The maximum atomic E-state index is 9.35. The summed E-state index contributed by atoms with van der Waals surface area (Å²) in [6.07, 6.45) is 0. The van der Waals surface area contributed by atoms with Gasteiger partial charge >= 0.3 is 0 Å². The minimum atomic E-state index is 0.0337. The van der Waals surface area contributed by atoms with E-state index in [9.17, 15) is 5.26 Å². The maximum Gasteiger partial charge on any atom is 0.222 e. The molecule has 0 amide bonds. The van der Waals surface area contributed by atoms with Gasteiger partial charge in [0.25, 0.3) is 0 Å². The van der Waals surface area contributed by atoms with Gasteiger partial charge in [0, 0.05) is 10.9 Å². The minimum absolute atomic E-state index is 0.0337. The lowest BCUT2D eigenvalue weighted by Gasteiger charge is -2.12. The van der Waals surface area contributed by atoms with E-state index in [0.717, 1.165) is 22.1 Å². The van der Waals surface area contributed by atoms with Crippen LogP contribution in [0.3, 0.4) is 0 Å². The van der Waals surface area contributed by atoms with Crippen LogP contribution in [-0.2, 0) is 0 Å². The van der Waals surface area contributed by atoms with Crippen LogP contribution in [-0.4, -0.2) is 17.1 Å². The average Bonchev–Trinajstić information content (AvgIpc) is 2.53. The Balaban J connectivity index is 2.40. The Hall–Kier alpha value is -3.33. The third-order valence-corrected chi connectivity index (χ3v) is 3.43. The second kappa shape index (κ2) is 5.22. The zero-order valence-corrected chi connectivity index (χ0v) is 11.9. The molecule has 2 aromatic carbocycles. The van der Waals surface area contributed by atoms with Gasteiger partial charge in [-0.15, -0.1) is 0 Å². The molecule has 0 aliphatic carbocycles. The highest BCUT2D eigenvalue weighted by molar-refractivity contribution is 6.00. The molecule has 6 heteroatoms. The molecule has 1 heterocycles. The first-order valence-electron chi connectivity index (χ1n) is 6.55. The average molecular weight is 291 g/mol. The first-order chi connectivity index (χ1) is 10.7. The lowest BCUT2D eigenvalue weighted by Crippen LogP contribution is -2.05. The summed E-state index contributed by atoms with van der Waals surface area (Å²) in [5, 5.41) is 11.2. The third kappa shape index (κ3) is 2.05. The normalized spacial score (nSPS) is 10.4. The van der Waals surface area contributed by atoms with E-state index >= 15 is 0 Å². The highest BCUT2D eigenvalue weighted by Crippen LogP contribution is 2.35. The number of hydrogen-bond acceptors (Lipinski definition) is 6. The van der Waals surface area contributed by atoms with Crippen LogP contribution in [0.4, 0.5) is 11.8 Å². The molecule has 6 nitrogen and oxygen atoms in total. The largest absolute Gasteiger partial charge is 0.496 e. The molecule has 0 saturated heterocycles. The molecule has 108 valence electrons. The summed E-state index contributed by atoms with van der Waals surface area (Å²) in [4.78, 5) is 8.05. The monoisotopic (exact) mass is 291 g/mol. The van der Waals surface area contributed by atoms with E-state index in [4.69, 9.17) is 16.2 Å². The van der Waals surface area contributed by atoms with Crippen molar-refractivity contribution in [2.45, 2.75) is 0 Å². The molecule has 3 rings (SSSR count). The second-order valence-corrected chi connectivity index (χ2v) is 4.66. The fourth-order valence-corrected chi connectivity index (χ4v) is 2.46. The van der Waals surface area contributed by atoms with Crippen molar-refractivity contribution < 1.29 is 4.74 Å². The summed E-state index contributed by atoms with van der Waals surface area (Å²) < 4.78 is 5.38. The first kappa shape index (κ1) is 13.6. The highest BCUT2D eigenvalue weighted by atomic mass is 16.5. The van der Waals surface area contributed by atoms with E-state index in [2.05, 4.69) is 9.97 Å². The van der Waals surface area contributed by atoms with Gasteiger partial charge in [-0.2, -0.15) is 10.2 Å². The number of methoxy groups -OCH3 is 1. The van der Waals surface area contributed by atoms with E-state index < -0.39 is 0 Å². The van der Waals surface area contributed by atoms with Crippen molar-refractivity contribution >= 4 is 22.5 Å². The van der Waals surface area contributed by atoms with Gasteiger partial charge in [-0.05, 0) is 17.5 Å². The molecule has 22 heavy (non-hydrogen) atoms. The molecule has 0 unspecified atom stereocenters. The molecule has 0 aliphatic rings. The molecule has 1 aromatic heterocycles. The summed E-state index contributed by atoms with van der Waals surface area (Å²) in [6, 6.07) is 13.4. The number of ether oxygens (including phenoxy) is 1. The van der Waals surface area contributed by atoms with Crippen molar-refractivity contribution in [3.05, 3.63) is 42.0 Å². The number of nitrogens with two attached hydrogens (primary N) is 2. The number of anilines is 2. The van der Waals surface area contributed by atoms with Crippen molar-refractivity contribution in [2.24, 2.45) is 0 Å². The van der Waals surface area contributed by atoms with E-state index in [1.165, 1.54) is 0 Å². The van der Waals surface area contributed by atoms with Crippen molar-refractivity contribution in [1.29, 1.82) is 5.26 Å². The van der Waals surface area contributed by atoms with Crippen LogP contribution in [0.1, 0.15) is 5.56 Å². The molecule has 4 N–H and O–H groups in total. The number of nitrogens with zero attached hydrogens (tertiary/aromatic N) is 3. The highest BCUT2D eigenvalue weighted by Gasteiger charge is 2.16. The molecular formula is C16H13N5O. The maximum absolute atomic E-state index is 9.35. The van der Waals surface area contributed by atoms with Gasteiger partial charge in [0.15, 0.2) is 0 Å². The van der Waals surface area contributed by atoms with Crippen molar-refractivity contribution in [1.82, 2.24) is 9.97 Å². The predicted octanol–water partition coefficient (Wildman–Crippen LogP) is 2.34. The smallest absolute Gasteiger partial charge is 0.222 e. The fraction of sp³-hybridized carbons (Fsp3) is 0.0625. The Bertz CT molecular complexity index is 914. The molecule has 0 saturated carbocycles. The topological polar surface area (TPSA) is 111 Å². The fourth-order valence-electron chi connectivity index (χ4n) is 2.46. The second-order valence-electron chi connectivity index (χ2n) is 4.66. The van der Waals surface area contributed by atoms with Crippen LogP contribution in [0.5, 0.6) is 5.75 Å². The van der Waals surface area contributed by atoms with Crippen molar-refractivity contribution in [3.63, 3.8) is 0 Å². The summed E-state index contributed by atoms with van der Waals surface area (Å²) in [7, 11) is 1.61. The Morgan fingerprint density at radius 3 is 2.45 bits per heavy atom. The molecule has 0 radical (unpaired) electrons. The summed E-state index contributed by atoms with van der Waals surface area (Å²) in [6.45, 7) is 0. The van der Waals surface area contributed by atoms with Crippen LogP contribution >= 0.6 is 0 Å². The van der Waals surface area contributed by atoms with Crippen molar-refractivity contribution in [3.8, 4) is 23.1 Å². The summed E-state index contributed by atoms with van der Waals surface area (Å²) >= 11 is 0. The zero-order valence-electron chi connectivity index (χ0n) is 11.9. The third-order valence-electron chi connectivity index (χ3n) is 3.43. The minimum Gasteiger partial charge on any atom is -0.496 e. The van der Waals surface area contributed by atoms with Crippen LogP contribution in [0, 0.1) is 11.3 Å². The molecule has 0 fully saturated rings. The van der Waals surface area contributed by atoms with Gasteiger partial charge in [0.2, 0.25) is 5.95 Å². The van der Waals surface area contributed by atoms with Gasteiger partial charge in [-0.25, -0.2) is 4.98 Å². The molecule has 0 atom stereocenters. The van der Waals surface area contributed by atoms with Crippen molar-refractivity contribution in [2.75, 3.05) is 18.6 Å². The Morgan fingerprint density at radius 1 is 1.05 bits per heavy atom. The Labute approximate surface area is 127 Å². The van der Waals surface area contributed by atoms with Crippen LogP contribution in [0.2, 0.25) is 0 Å². The number of benzene rings is 2. The molecule has 0 aliphatic heterocycles. The van der Waals surface area contributed by atoms with Gasteiger partial charge in [0.1, 0.15) is 23.2 Å². The van der Waals surface area contributed by atoms with Crippen LogP contribution in [0.15, 0.2) is 36.4 Å². The van der Waals surface area contributed by atoms with Gasteiger partial charge in [-0.1, -0.05) is 24.3 Å². The van der Waals surface area contributed by atoms with E-state index in [1.54, 1.807) is 7.11 Å². The number of nitriles is 1. The van der Waals surface area contributed by atoms with E-state index in [1.807, 2.05) is 42.5 Å². The van der Waals surface area contributed by atoms with Crippen LogP contribution in [0.25, 0.3) is 22.0 Å². The Morgan fingerprint density at radius 2 is 1.77 bits per heavy atom. The standard InChI is InChI=1S/C16H13N5O/c1-22-13-7-6-11(9-4-2-3-5-10(9)13)14-12(8-17)15(18)21-16(19)20-14/h2-7H,1H3,(H4,18,19,20,21). The number of hydrogen-bond donors (Lipinski definition) is 2. The predicted molar refractivity (Wildman–Crippen MR) is 85.1 cm³/mol. The number of rotatable bonds is 2.